The highest BCUT2D eigenvalue weighted by Crippen LogP contribution is 2.31. The van der Waals surface area contributed by atoms with Crippen molar-refractivity contribution in [3.63, 3.8) is 0 Å². The highest BCUT2D eigenvalue weighted by Gasteiger charge is 2.27. The van der Waals surface area contributed by atoms with Gasteiger partial charge in [0.25, 0.3) is 0 Å². The molecule has 2 aromatic rings. The summed E-state index contributed by atoms with van der Waals surface area (Å²) in [5, 5.41) is 0.599. The van der Waals surface area contributed by atoms with Crippen LogP contribution in [0.1, 0.15) is 28.8 Å². The Morgan fingerprint density at radius 2 is 1.85 bits per heavy atom. The summed E-state index contributed by atoms with van der Waals surface area (Å²) in [5.41, 5.74) is 1.72. The quantitative estimate of drug-likeness (QED) is 0.701. The Bertz CT molecular complexity index is 755. The first-order chi connectivity index (χ1) is 12.6. The second kappa shape index (κ2) is 8.56. The second-order valence-electron chi connectivity index (χ2n) is 6.59. The summed E-state index contributed by atoms with van der Waals surface area (Å²) in [6.07, 6.45) is 1.90. The van der Waals surface area contributed by atoms with E-state index in [1.807, 2.05) is 30.3 Å². The number of hydrogen-bond donors (Lipinski definition) is 0. The Morgan fingerprint density at radius 3 is 2.50 bits per heavy atom. The molecule has 4 nitrogen and oxygen atoms in total. The van der Waals surface area contributed by atoms with Crippen molar-refractivity contribution < 1.29 is 14.3 Å². The lowest BCUT2D eigenvalue weighted by atomic mass is 9.89. The van der Waals surface area contributed by atoms with Crippen molar-refractivity contribution >= 4 is 17.4 Å². The molecule has 0 saturated carbocycles. The van der Waals surface area contributed by atoms with E-state index in [0.717, 1.165) is 43.0 Å². The summed E-state index contributed by atoms with van der Waals surface area (Å²) in [5.74, 6) is 1.78. The summed E-state index contributed by atoms with van der Waals surface area (Å²) in [4.78, 5) is 15.2. The van der Waals surface area contributed by atoms with Crippen LogP contribution in [0.2, 0.25) is 5.02 Å². The number of Topliss-reactive ketones (excluding diaryl/α,β-unsaturated/α-hetero) is 1. The highest BCUT2D eigenvalue weighted by molar-refractivity contribution is 6.31. The molecule has 0 unspecified atom stereocenters. The molecule has 5 heteroatoms. The number of hydrogen-bond acceptors (Lipinski definition) is 4. The van der Waals surface area contributed by atoms with Crippen LogP contribution in [0.15, 0.2) is 42.5 Å². The highest BCUT2D eigenvalue weighted by atomic mass is 35.5. The van der Waals surface area contributed by atoms with Crippen LogP contribution in [0, 0.1) is 5.92 Å². The van der Waals surface area contributed by atoms with Gasteiger partial charge in [-0.1, -0.05) is 29.8 Å². The minimum absolute atomic E-state index is 0.0112. The SMILES string of the molecule is COc1cccc(OC)c1CN1CCC[C@H](C(=O)c2cccc(Cl)c2)C1. The molecule has 1 heterocycles. The van der Waals surface area contributed by atoms with Crippen LogP contribution in [0.4, 0.5) is 0 Å². The minimum Gasteiger partial charge on any atom is -0.496 e. The van der Waals surface area contributed by atoms with E-state index in [-0.39, 0.29) is 11.7 Å². The van der Waals surface area contributed by atoms with Gasteiger partial charge < -0.3 is 9.47 Å². The van der Waals surface area contributed by atoms with Crippen LogP contribution in [0.25, 0.3) is 0 Å². The van der Waals surface area contributed by atoms with Gasteiger partial charge in [0, 0.05) is 29.6 Å². The van der Waals surface area contributed by atoms with Crippen LogP contribution < -0.4 is 9.47 Å². The molecule has 0 amide bonds. The van der Waals surface area contributed by atoms with Gasteiger partial charge in [-0.25, -0.2) is 0 Å². The van der Waals surface area contributed by atoms with Gasteiger partial charge in [-0.2, -0.15) is 0 Å². The number of carbonyl (C=O) groups is 1. The molecule has 0 aliphatic carbocycles. The maximum absolute atomic E-state index is 12.9. The van der Waals surface area contributed by atoms with Crippen LogP contribution in [0.3, 0.4) is 0 Å². The second-order valence-corrected chi connectivity index (χ2v) is 7.03. The number of benzene rings is 2. The molecular formula is C21H24ClNO3. The first-order valence-corrected chi connectivity index (χ1v) is 9.22. The maximum Gasteiger partial charge on any atom is 0.167 e. The van der Waals surface area contributed by atoms with Crippen LogP contribution in [0.5, 0.6) is 11.5 Å². The van der Waals surface area contributed by atoms with E-state index in [2.05, 4.69) is 4.90 Å². The molecule has 2 aromatic carbocycles. The largest absolute Gasteiger partial charge is 0.496 e. The Balaban J connectivity index is 1.74. The molecule has 138 valence electrons. The fraction of sp³-hybridized carbons (Fsp3) is 0.381. The van der Waals surface area contributed by atoms with Gasteiger partial charge in [0.2, 0.25) is 0 Å². The number of nitrogens with zero attached hydrogens (tertiary/aromatic N) is 1. The molecule has 3 rings (SSSR count). The monoisotopic (exact) mass is 373 g/mol. The maximum atomic E-state index is 12.9. The molecule has 1 fully saturated rings. The Morgan fingerprint density at radius 1 is 1.15 bits per heavy atom. The van der Waals surface area contributed by atoms with Crippen molar-refractivity contribution in [1.82, 2.24) is 4.90 Å². The molecule has 1 saturated heterocycles. The summed E-state index contributed by atoms with van der Waals surface area (Å²) >= 11 is 6.04. The van der Waals surface area contributed by atoms with Gasteiger partial charge >= 0.3 is 0 Å². The first-order valence-electron chi connectivity index (χ1n) is 8.84. The molecule has 1 atom stereocenters. The third-order valence-corrected chi connectivity index (χ3v) is 5.13. The van der Waals surface area contributed by atoms with Crippen molar-refractivity contribution in [2.75, 3.05) is 27.3 Å². The van der Waals surface area contributed by atoms with Gasteiger partial charge in [-0.05, 0) is 43.7 Å². The van der Waals surface area contributed by atoms with E-state index >= 15 is 0 Å². The van der Waals surface area contributed by atoms with Gasteiger partial charge in [0.15, 0.2) is 5.78 Å². The number of likely N-dealkylation sites (tertiary alicyclic amines) is 1. The molecule has 0 aromatic heterocycles. The topological polar surface area (TPSA) is 38.8 Å². The van der Waals surface area contributed by atoms with Crippen molar-refractivity contribution in [1.29, 1.82) is 0 Å². The molecular weight excluding hydrogens is 350 g/mol. The van der Waals surface area contributed by atoms with Crippen LogP contribution >= 0.6 is 11.6 Å². The number of methoxy groups -OCH3 is 2. The summed E-state index contributed by atoms with van der Waals surface area (Å²) in [6.45, 7) is 2.39. The van der Waals surface area contributed by atoms with E-state index in [4.69, 9.17) is 21.1 Å². The lowest BCUT2D eigenvalue weighted by Gasteiger charge is -2.32. The van der Waals surface area contributed by atoms with E-state index in [1.165, 1.54) is 0 Å². The summed E-state index contributed by atoms with van der Waals surface area (Å²) in [6, 6.07) is 13.0. The Kier molecular flexibility index (Phi) is 6.17. The number of ether oxygens (including phenoxy) is 2. The molecule has 26 heavy (non-hydrogen) atoms. The predicted molar refractivity (Wildman–Crippen MR) is 103 cm³/mol. The fourth-order valence-electron chi connectivity index (χ4n) is 3.60. The minimum atomic E-state index is -0.0112. The van der Waals surface area contributed by atoms with Crippen molar-refractivity contribution in [2.24, 2.45) is 5.92 Å². The predicted octanol–water partition coefficient (Wildman–Crippen LogP) is 4.45. The third-order valence-electron chi connectivity index (χ3n) is 4.90. The Hall–Kier alpha value is -2.04. The molecule has 0 bridgehead atoms. The van der Waals surface area contributed by atoms with Crippen LogP contribution in [-0.4, -0.2) is 38.0 Å². The standard InChI is InChI=1S/C21H24ClNO3/c1-25-19-9-4-10-20(26-2)18(19)14-23-11-5-7-16(13-23)21(24)15-6-3-8-17(22)12-15/h3-4,6,8-10,12,16H,5,7,11,13-14H2,1-2H3/t16-/m0/s1. The number of ketones is 1. The first kappa shape index (κ1) is 18.7. The van der Waals surface area contributed by atoms with E-state index < -0.39 is 0 Å². The fourth-order valence-corrected chi connectivity index (χ4v) is 3.79. The smallest absolute Gasteiger partial charge is 0.167 e. The molecule has 1 aliphatic rings. The number of carbonyl (C=O) groups excluding carboxylic acids is 1. The van der Waals surface area contributed by atoms with E-state index in [1.54, 1.807) is 26.4 Å². The van der Waals surface area contributed by atoms with Crippen molar-refractivity contribution in [3.05, 3.63) is 58.6 Å². The van der Waals surface area contributed by atoms with E-state index in [0.29, 0.717) is 17.1 Å². The summed E-state index contributed by atoms with van der Waals surface area (Å²) < 4.78 is 11.0. The average Bonchev–Trinajstić information content (AvgIpc) is 2.67. The third kappa shape index (κ3) is 4.19. The van der Waals surface area contributed by atoms with Crippen LogP contribution in [-0.2, 0) is 6.54 Å². The lowest BCUT2D eigenvalue weighted by molar-refractivity contribution is 0.0810. The molecule has 0 radical (unpaired) electrons. The lowest BCUT2D eigenvalue weighted by Crippen LogP contribution is -2.38. The van der Waals surface area contributed by atoms with Crippen molar-refractivity contribution in [3.8, 4) is 11.5 Å². The zero-order valence-electron chi connectivity index (χ0n) is 15.2. The average molecular weight is 374 g/mol. The number of piperidine rings is 1. The molecule has 1 aliphatic heterocycles. The zero-order valence-corrected chi connectivity index (χ0v) is 16.0. The number of rotatable bonds is 6. The van der Waals surface area contributed by atoms with Gasteiger partial charge in [-0.15, -0.1) is 0 Å². The number of halogens is 1. The van der Waals surface area contributed by atoms with E-state index in [9.17, 15) is 4.79 Å². The molecule has 0 spiro atoms. The van der Waals surface area contributed by atoms with Gasteiger partial charge in [-0.3, -0.25) is 9.69 Å². The van der Waals surface area contributed by atoms with Gasteiger partial charge in [0.05, 0.1) is 19.8 Å². The summed E-state index contributed by atoms with van der Waals surface area (Å²) in [7, 11) is 3.33. The van der Waals surface area contributed by atoms with Crippen molar-refractivity contribution in [2.45, 2.75) is 19.4 Å². The zero-order chi connectivity index (χ0) is 18.5. The normalized spacial score (nSPS) is 17.7. The Labute approximate surface area is 159 Å². The van der Waals surface area contributed by atoms with Gasteiger partial charge in [0.1, 0.15) is 11.5 Å². The molecule has 0 N–H and O–H groups in total.